The van der Waals surface area contributed by atoms with E-state index in [1.807, 2.05) is 5.32 Å². The molecule has 0 aromatic heterocycles. The van der Waals surface area contributed by atoms with Crippen LogP contribution >= 0.6 is 11.6 Å². The van der Waals surface area contributed by atoms with E-state index in [0.29, 0.717) is 18.3 Å². The number of hydrogen-bond acceptors (Lipinski definition) is 6. The summed E-state index contributed by atoms with van der Waals surface area (Å²) in [7, 11) is 1.42. The van der Waals surface area contributed by atoms with E-state index in [9.17, 15) is 14.4 Å². The number of rotatable bonds is 9. The van der Waals surface area contributed by atoms with Crippen LogP contribution in [0.4, 0.5) is 4.79 Å². The molecule has 156 valence electrons. The molecule has 0 saturated heterocycles. The van der Waals surface area contributed by atoms with Crippen molar-refractivity contribution in [1.29, 1.82) is 0 Å². The van der Waals surface area contributed by atoms with Gasteiger partial charge in [0.25, 0.3) is 5.91 Å². The summed E-state index contributed by atoms with van der Waals surface area (Å²) < 4.78 is 16.2. The lowest BCUT2D eigenvalue weighted by Crippen LogP contribution is -2.45. The molecular formula is C19H27ClN2O6. The second-order valence-electron chi connectivity index (χ2n) is 6.94. The zero-order chi connectivity index (χ0) is 21.4. The number of hydrogen-bond donors (Lipinski definition) is 2. The number of primary amides is 1. The summed E-state index contributed by atoms with van der Waals surface area (Å²) in [6.45, 7) is 7.91. The molecule has 1 atom stereocenters. The second kappa shape index (κ2) is 10.8. The highest BCUT2D eigenvalue weighted by molar-refractivity contribution is 6.32. The molecule has 0 spiro atoms. The quantitative estimate of drug-likeness (QED) is 0.599. The molecule has 1 aromatic rings. The summed E-state index contributed by atoms with van der Waals surface area (Å²) in [5.41, 5.74) is 5.03. The summed E-state index contributed by atoms with van der Waals surface area (Å²) in [4.78, 5) is 35.4. The number of benzene rings is 1. The lowest BCUT2D eigenvalue weighted by molar-refractivity contribution is -0.130. The van der Waals surface area contributed by atoms with Gasteiger partial charge >= 0.3 is 12.0 Å². The molecule has 0 saturated carbocycles. The van der Waals surface area contributed by atoms with Gasteiger partial charge in [-0.3, -0.25) is 10.1 Å². The summed E-state index contributed by atoms with van der Waals surface area (Å²) in [6, 6.07) is 1.77. The molecule has 3 N–H and O–H groups in total. The van der Waals surface area contributed by atoms with E-state index in [-0.39, 0.29) is 22.3 Å². The standard InChI is InChI=1S/C19H27ClN2O6/c1-10(2)6-7-27-16-13(20)8-12(9-14(16)26-5)18(24)28-15(11(3)4)17(23)22-19(21)25/h8-11,15H,6-7H2,1-5H3,(H3,21,22,23,25)/t15-/m0/s1. The third kappa shape index (κ3) is 6.92. The first-order chi connectivity index (χ1) is 13.1. The molecule has 0 bridgehead atoms. The van der Waals surface area contributed by atoms with Gasteiger partial charge in [-0.1, -0.05) is 39.3 Å². The van der Waals surface area contributed by atoms with Crippen LogP contribution in [-0.4, -0.2) is 37.7 Å². The molecule has 0 unspecified atom stereocenters. The lowest BCUT2D eigenvalue weighted by Gasteiger charge is -2.20. The van der Waals surface area contributed by atoms with Crippen molar-refractivity contribution in [2.24, 2.45) is 17.6 Å². The minimum absolute atomic E-state index is 0.0792. The van der Waals surface area contributed by atoms with Gasteiger partial charge in [0.15, 0.2) is 17.6 Å². The van der Waals surface area contributed by atoms with E-state index >= 15 is 0 Å². The number of imide groups is 1. The fourth-order valence-electron chi connectivity index (χ4n) is 2.24. The number of nitrogens with one attached hydrogen (secondary N) is 1. The Hall–Kier alpha value is -2.48. The van der Waals surface area contributed by atoms with Crippen molar-refractivity contribution in [3.8, 4) is 11.5 Å². The van der Waals surface area contributed by atoms with Crippen LogP contribution in [0.25, 0.3) is 0 Å². The van der Waals surface area contributed by atoms with Gasteiger partial charge in [-0.05, 0) is 30.4 Å². The first-order valence-corrected chi connectivity index (χ1v) is 9.26. The van der Waals surface area contributed by atoms with Crippen LogP contribution in [0.1, 0.15) is 44.5 Å². The number of ether oxygens (including phenoxy) is 3. The second-order valence-corrected chi connectivity index (χ2v) is 7.35. The summed E-state index contributed by atoms with van der Waals surface area (Å²) >= 11 is 6.25. The van der Waals surface area contributed by atoms with Gasteiger partial charge in [0.2, 0.25) is 0 Å². The predicted molar refractivity (Wildman–Crippen MR) is 105 cm³/mol. The molecule has 0 aliphatic heterocycles. The van der Waals surface area contributed by atoms with E-state index in [4.69, 9.17) is 31.5 Å². The Morgan fingerprint density at radius 3 is 2.32 bits per heavy atom. The molecular weight excluding hydrogens is 388 g/mol. The van der Waals surface area contributed by atoms with Crippen LogP contribution in [0.15, 0.2) is 12.1 Å². The molecule has 0 aliphatic rings. The summed E-state index contributed by atoms with van der Waals surface area (Å²) in [6.07, 6.45) is -0.374. The number of amides is 3. The maximum atomic E-state index is 12.5. The number of urea groups is 1. The highest BCUT2D eigenvalue weighted by Crippen LogP contribution is 2.37. The third-order valence-electron chi connectivity index (χ3n) is 3.75. The highest BCUT2D eigenvalue weighted by Gasteiger charge is 2.28. The van der Waals surface area contributed by atoms with Crippen molar-refractivity contribution in [1.82, 2.24) is 5.32 Å². The van der Waals surface area contributed by atoms with Crippen molar-refractivity contribution in [3.63, 3.8) is 0 Å². The monoisotopic (exact) mass is 414 g/mol. The topological polar surface area (TPSA) is 117 Å². The van der Waals surface area contributed by atoms with E-state index in [0.717, 1.165) is 6.42 Å². The van der Waals surface area contributed by atoms with Crippen LogP contribution in [0.2, 0.25) is 5.02 Å². The lowest BCUT2D eigenvalue weighted by atomic mass is 10.1. The normalized spacial score (nSPS) is 11.9. The number of esters is 1. The van der Waals surface area contributed by atoms with Crippen molar-refractivity contribution in [2.75, 3.05) is 13.7 Å². The molecule has 1 rings (SSSR count). The fourth-order valence-corrected chi connectivity index (χ4v) is 2.51. The van der Waals surface area contributed by atoms with Crippen molar-refractivity contribution < 1.29 is 28.6 Å². The molecule has 8 nitrogen and oxygen atoms in total. The Bertz CT molecular complexity index is 721. The van der Waals surface area contributed by atoms with Gasteiger partial charge in [0, 0.05) is 0 Å². The molecule has 0 aliphatic carbocycles. The van der Waals surface area contributed by atoms with E-state index < -0.39 is 24.0 Å². The minimum Gasteiger partial charge on any atom is -0.493 e. The van der Waals surface area contributed by atoms with Crippen LogP contribution in [0.3, 0.4) is 0 Å². The molecule has 0 heterocycles. The number of carbonyl (C=O) groups is 3. The zero-order valence-corrected chi connectivity index (χ0v) is 17.5. The highest BCUT2D eigenvalue weighted by atomic mass is 35.5. The van der Waals surface area contributed by atoms with Gasteiger partial charge in [0.1, 0.15) is 0 Å². The molecule has 3 amide bonds. The minimum atomic E-state index is -1.20. The number of halogens is 1. The largest absolute Gasteiger partial charge is 0.493 e. The number of carbonyl (C=O) groups excluding carboxylic acids is 3. The Kier molecular flexibility index (Phi) is 9.05. The van der Waals surface area contributed by atoms with E-state index in [2.05, 4.69) is 13.8 Å². The van der Waals surface area contributed by atoms with Crippen molar-refractivity contribution in [3.05, 3.63) is 22.7 Å². The molecule has 0 fully saturated rings. The summed E-state index contributed by atoms with van der Waals surface area (Å²) in [5, 5.41) is 2.09. The van der Waals surface area contributed by atoms with Crippen molar-refractivity contribution in [2.45, 2.75) is 40.2 Å². The number of methoxy groups -OCH3 is 1. The third-order valence-corrected chi connectivity index (χ3v) is 4.03. The molecule has 9 heteroatoms. The van der Waals surface area contributed by atoms with Crippen LogP contribution in [0, 0.1) is 11.8 Å². The molecule has 1 aromatic carbocycles. The van der Waals surface area contributed by atoms with Crippen LogP contribution in [-0.2, 0) is 9.53 Å². The Morgan fingerprint density at radius 2 is 1.82 bits per heavy atom. The molecule has 28 heavy (non-hydrogen) atoms. The van der Waals surface area contributed by atoms with Gasteiger partial charge < -0.3 is 19.9 Å². The van der Waals surface area contributed by atoms with Crippen LogP contribution < -0.4 is 20.5 Å². The van der Waals surface area contributed by atoms with Gasteiger partial charge in [0.05, 0.1) is 24.3 Å². The Balaban J connectivity index is 3.02. The first kappa shape index (κ1) is 23.6. The maximum absolute atomic E-state index is 12.5. The van der Waals surface area contributed by atoms with E-state index in [1.165, 1.54) is 19.2 Å². The van der Waals surface area contributed by atoms with Crippen molar-refractivity contribution >= 4 is 29.5 Å². The average molecular weight is 415 g/mol. The average Bonchev–Trinajstić information content (AvgIpc) is 2.58. The van der Waals surface area contributed by atoms with Crippen LogP contribution in [0.5, 0.6) is 11.5 Å². The number of nitrogens with two attached hydrogens (primary N) is 1. The maximum Gasteiger partial charge on any atom is 0.339 e. The Morgan fingerprint density at radius 1 is 1.18 bits per heavy atom. The van der Waals surface area contributed by atoms with Gasteiger partial charge in [-0.15, -0.1) is 0 Å². The van der Waals surface area contributed by atoms with Gasteiger partial charge in [-0.2, -0.15) is 0 Å². The van der Waals surface area contributed by atoms with E-state index in [1.54, 1.807) is 13.8 Å². The smallest absolute Gasteiger partial charge is 0.339 e. The van der Waals surface area contributed by atoms with Gasteiger partial charge in [-0.25, -0.2) is 9.59 Å². The SMILES string of the molecule is COc1cc(C(=O)O[C@H](C(=O)NC(N)=O)C(C)C)cc(Cl)c1OCCC(C)C. The molecule has 0 radical (unpaired) electrons. The first-order valence-electron chi connectivity index (χ1n) is 8.88. The fraction of sp³-hybridized carbons (Fsp3) is 0.526. The summed E-state index contributed by atoms with van der Waals surface area (Å²) in [5.74, 6) is -0.938. The predicted octanol–water partition coefficient (Wildman–Crippen LogP) is 3.15. The zero-order valence-electron chi connectivity index (χ0n) is 16.7. The Labute approximate surface area is 169 Å².